The summed E-state index contributed by atoms with van der Waals surface area (Å²) in [5.74, 6) is 0.115. The molecule has 0 aliphatic carbocycles. The molecule has 0 saturated heterocycles. The number of amides is 1. The number of benzene rings is 1. The van der Waals surface area contributed by atoms with E-state index in [1.165, 1.54) is 0 Å². The first-order valence-corrected chi connectivity index (χ1v) is 6.78. The van der Waals surface area contributed by atoms with Gasteiger partial charge in [-0.3, -0.25) is 9.78 Å². The first-order chi connectivity index (χ1) is 9.63. The summed E-state index contributed by atoms with van der Waals surface area (Å²) >= 11 is 3.34. The van der Waals surface area contributed by atoms with Crippen LogP contribution in [0.4, 0.5) is 5.69 Å². The minimum atomic E-state index is -0.492. The largest absolute Gasteiger partial charge is 0.484 e. The summed E-state index contributed by atoms with van der Waals surface area (Å²) < 4.78 is 6.13. The summed E-state index contributed by atoms with van der Waals surface area (Å²) in [6.45, 7) is 0.518. The lowest BCUT2D eigenvalue weighted by atomic mass is 10.3. The van der Waals surface area contributed by atoms with Crippen LogP contribution in [0.15, 0.2) is 47.1 Å². The predicted octanol–water partition coefficient (Wildman–Crippen LogP) is 2.32. The Hall–Kier alpha value is -2.08. The number of aromatic nitrogens is 1. The number of primary amides is 1. The third-order valence-electron chi connectivity index (χ3n) is 2.50. The number of carbonyl (C=O) groups excluding carboxylic acids is 1. The van der Waals surface area contributed by atoms with Crippen LogP contribution in [0, 0.1) is 0 Å². The molecule has 0 spiro atoms. The molecule has 0 unspecified atom stereocenters. The van der Waals surface area contributed by atoms with Gasteiger partial charge in [-0.05, 0) is 52.3 Å². The van der Waals surface area contributed by atoms with E-state index >= 15 is 0 Å². The molecule has 0 fully saturated rings. The van der Waals surface area contributed by atoms with Crippen LogP contribution in [0.3, 0.4) is 0 Å². The molecule has 1 aromatic carbocycles. The summed E-state index contributed by atoms with van der Waals surface area (Å²) in [5, 5.41) is 3.25. The minimum absolute atomic E-state index is 0.115. The van der Waals surface area contributed by atoms with Gasteiger partial charge in [0.05, 0.1) is 12.2 Å². The Labute approximate surface area is 125 Å². The molecular weight excluding hydrogens is 322 g/mol. The van der Waals surface area contributed by atoms with Crippen LogP contribution in [0.5, 0.6) is 5.75 Å². The second-order valence-electron chi connectivity index (χ2n) is 4.10. The lowest BCUT2D eigenvalue weighted by Gasteiger charge is -2.08. The summed E-state index contributed by atoms with van der Waals surface area (Å²) in [6, 6.07) is 11.2. The van der Waals surface area contributed by atoms with Gasteiger partial charge in [0.25, 0.3) is 5.91 Å². The fourth-order valence-electron chi connectivity index (χ4n) is 1.53. The van der Waals surface area contributed by atoms with Crippen molar-refractivity contribution in [3.63, 3.8) is 0 Å². The second kappa shape index (κ2) is 6.91. The van der Waals surface area contributed by atoms with E-state index in [9.17, 15) is 4.79 Å². The van der Waals surface area contributed by atoms with Crippen LogP contribution in [0.1, 0.15) is 5.69 Å². The molecule has 1 heterocycles. The van der Waals surface area contributed by atoms with Gasteiger partial charge in [-0.25, -0.2) is 0 Å². The lowest BCUT2D eigenvalue weighted by Crippen LogP contribution is -2.19. The van der Waals surface area contributed by atoms with Crippen molar-refractivity contribution in [2.45, 2.75) is 6.54 Å². The highest BCUT2D eigenvalue weighted by atomic mass is 79.9. The van der Waals surface area contributed by atoms with E-state index in [-0.39, 0.29) is 6.61 Å². The van der Waals surface area contributed by atoms with E-state index < -0.39 is 5.91 Å². The molecule has 6 heteroatoms. The Balaban J connectivity index is 1.87. The van der Waals surface area contributed by atoms with Crippen molar-refractivity contribution in [2.24, 2.45) is 5.73 Å². The Kier molecular flexibility index (Phi) is 4.95. The van der Waals surface area contributed by atoms with Crippen molar-refractivity contribution in [3.8, 4) is 5.75 Å². The number of halogens is 1. The molecule has 20 heavy (non-hydrogen) atoms. The molecule has 0 aliphatic heterocycles. The van der Waals surface area contributed by atoms with E-state index in [0.717, 1.165) is 15.9 Å². The number of hydrogen-bond donors (Lipinski definition) is 2. The van der Waals surface area contributed by atoms with Crippen molar-refractivity contribution >= 4 is 27.5 Å². The smallest absolute Gasteiger partial charge is 0.255 e. The molecule has 104 valence electrons. The predicted molar refractivity (Wildman–Crippen MR) is 80.4 cm³/mol. The minimum Gasteiger partial charge on any atom is -0.484 e. The summed E-state index contributed by atoms with van der Waals surface area (Å²) in [6.07, 6.45) is 1.76. The summed E-state index contributed by atoms with van der Waals surface area (Å²) in [7, 11) is 0. The van der Waals surface area contributed by atoms with Gasteiger partial charge in [0, 0.05) is 16.4 Å². The molecule has 0 saturated carbocycles. The second-order valence-corrected chi connectivity index (χ2v) is 5.02. The van der Waals surface area contributed by atoms with Gasteiger partial charge in [-0.15, -0.1) is 0 Å². The third-order valence-corrected chi connectivity index (χ3v) is 2.97. The number of ether oxygens (including phenoxy) is 1. The number of carbonyl (C=O) groups is 1. The van der Waals surface area contributed by atoms with Crippen LogP contribution < -0.4 is 15.8 Å². The molecule has 1 amide bonds. The monoisotopic (exact) mass is 335 g/mol. The zero-order valence-corrected chi connectivity index (χ0v) is 12.3. The number of anilines is 1. The van der Waals surface area contributed by atoms with E-state index in [0.29, 0.717) is 12.3 Å². The van der Waals surface area contributed by atoms with Gasteiger partial charge < -0.3 is 15.8 Å². The van der Waals surface area contributed by atoms with Crippen LogP contribution in [-0.2, 0) is 11.3 Å². The summed E-state index contributed by atoms with van der Waals surface area (Å²) in [5.41, 5.74) is 6.90. The van der Waals surface area contributed by atoms with Crippen molar-refractivity contribution in [2.75, 3.05) is 11.9 Å². The zero-order valence-electron chi connectivity index (χ0n) is 10.7. The molecule has 0 radical (unpaired) electrons. The van der Waals surface area contributed by atoms with Gasteiger partial charge in [0.1, 0.15) is 5.75 Å². The number of nitrogens with one attached hydrogen (secondary N) is 1. The molecule has 3 N–H and O–H groups in total. The van der Waals surface area contributed by atoms with Gasteiger partial charge in [0.15, 0.2) is 6.61 Å². The molecule has 5 nitrogen and oxygen atoms in total. The van der Waals surface area contributed by atoms with Crippen molar-refractivity contribution in [1.82, 2.24) is 4.98 Å². The fraction of sp³-hybridized carbons (Fsp3) is 0.143. The van der Waals surface area contributed by atoms with Gasteiger partial charge in [-0.2, -0.15) is 0 Å². The maximum atomic E-state index is 10.6. The van der Waals surface area contributed by atoms with Crippen LogP contribution in [0.2, 0.25) is 0 Å². The number of rotatable bonds is 6. The normalized spacial score (nSPS) is 10.1. The van der Waals surface area contributed by atoms with E-state index in [4.69, 9.17) is 10.5 Å². The Morgan fingerprint density at radius 2 is 2.00 bits per heavy atom. The van der Waals surface area contributed by atoms with Crippen LogP contribution in [-0.4, -0.2) is 17.5 Å². The Bertz CT molecular complexity index is 570. The molecule has 0 aliphatic rings. The molecule has 2 rings (SSSR count). The standard InChI is InChI=1S/C14H14BrN3O2/c15-10-1-2-12(17-7-10)8-18-11-3-5-13(6-4-11)20-9-14(16)19/h1-7,18H,8-9H2,(H2,16,19). The Morgan fingerprint density at radius 1 is 1.25 bits per heavy atom. The quantitative estimate of drug-likeness (QED) is 0.849. The molecule has 0 atom stereocenters. The van der Waals surface area contributed by atoms with E-state index in [2.05, 4.69) is 26.2 Å². The fourth-order valence-corrected chi connectivity index (χ4v) is 1.76. The number of hydrogen-bond acceptors (Lipinski definition) is 4. The maximum absolute atomic E-state index is 10.6. The van der Waals surface area contributed by atoms with E-state index in [1.54, 1.807) is 18.3 Å². The van der Waals surface area contributed by atoms with Gasteiger partial charge in [0.2, 0.25) is 0 Å². The molecular formula is C14H14BrN3O2. The highest BCUT2D eigenvalue weighted by molar-refractivity contribution is 9.10. The van der Waals surface area contributed by atoms with Gasteiger partial charge in [-0.1, -0.05) is 0 Å². The molecule has 1 aromatic heterocycles. The van der Waals surface area contributed by atoms with Crippen molar-refractivity contribution in [3.05, 3.63) is 52.8 Å². The average Bonchev–Trinajstić information content (AvgIpc) is 2.45. The zero-order chi connectivity index (χ0) is 14.4. The van der Waals surface area contributed by atoms with Crippen LogP contribution in [0.25, 0.3) is 0 Å². The number of nitrogens with zero attached hydrogens (tertiary/aromatic N) is 1. The van der Waals surface area contributed by atoms with Gasteiger partial charge >= 0.3 is 0 Å². The maximum Gasteiger partial charge on any atom is 0.255 e. The first-order valence-electron chi connectivity index (χ1n) is 5.99. The number of nitrogens with two attached hydrogens (primary N) is 1. The SMILES string of the molecule is NC(=O)COc1ccc(NCc2ccc(Br)cn2)cc1. The van der Waals surface area contributed by atoms with Crippen molar-refractivity contribution < 1.29 is 9.53 Å². The molecule has 0 bridgehead atoms. The number of pyridine rings is 1. The van der Waals surface area contributed by atoms with Crippen LogP contribution >= 0.6 is 15.9 Å². The lowest BCUT2D eigenvalue weighted by molar-refractivity contribution is -0.119. The average molecular weight is 336 g/mol. The van der Waals surface area contributed by atoms with Crippen molar-refractivity contribution in [1.29, 1.82) is 0 Å². The molecule has 2 aromatic rings. The topological polar surface area (TPSA) is 77.2 Å². The highest BCUT2D eigenvalue weighted by Crippen LogP contribution is 2.16. The third kappa shape index (κ3) is 4.55. The Morgan fingerprint density at radius 3 is 2.60 bits per heavy atom. The van der Waals surface area contributed by atoms with E-state index in [1.807, 2.05) is 24.3 Å². The highest BCUT2D eigenvalue weighted by Gasteiger charge is 1.99. The summed E-state index contributed by atoms with van der Waals surface area (Å²) in [4.78, 5) is 14.9. The first kappa shape index (κ1) is 14.3.